The molecule has 156 valence electrons. The number of hydrogen-bond acceptors (Lipinski definition) is 3. The summed E-state index contributed by atoms with van der Waals surface area (Å²) in [7, 11) is 0. The molecule has 4 heteroatoms. The van der Waals surface area contributed by atoms with Crippen molar-refractivity contribution in [3.8, 4) is 16.9 Å². The average molecular weight is 410 g/mol. The van der Waals surface area contributed by atoms with E-state index in [1.807, 2.05) is 16.7 Å². The molecular formula is C27H27N3O. The Morgan fingerprint density at radius 3 is 2.52 bits per heavy atom. The van der Waals surface area contributed by atoms with Crippen molar-refractivity contribution < 1.29 is 0 Å². The van der Waals surface area contributed by atoms with Gasteiger partial charge in [0.15, 0.2) is 5.43 Å². The Bertz CT molecular complexity index is 1240. The molecule has 0 aliphatic carbocycles. The van der Waals surface area contributed by atoms with Crippen LogP contribution in [0.1, 0.15) is 25.3 Å². The van der Waals surface area contributed by atoms with Crippen molar-refractivity contribution in [3.63, 3.8) is 0 Å². The summed E-state index contributed by atoms with van der Waals surface area (Å²) in [5.74, 6) is 0. The lowest BCUT2D eigenvalue weighted by atomic mass is 10.1. The Morgan fingerprint density at radius 1 is 0.968 bits per heavy atom. The highest BCUT2D eigenvalue weighted by atomic mass is 16.1. The molecule has 0 N–H and O–H groups in total. The molecule has 4 nitrogen and oxygen atoms in total. The van der Waals surface area contributed by atoms with Crippen molar-refractivity contribution in [2.75, 3.05) is 13.1 Å². The zero-order valence-corrected chi connectivity index (χ0v) is 17.9. The van der Waals surface area contributed by atoms with Crippen LogP contribution in [-0.2, 0) is 6.42 Å². The molecule has 4 aromatic rings. The highest BCUT2D eigenvalue weighted by molar-refractivity contribution is 5.82. The Labute approximate surface area is 182 Å². The van der Waals surface area contributed by atoms with Crippen LogP contribution < -0.4 is 5.43 Å². The Kier molecular flexibility index (Phi) is 5.39. The van der Waals surface area contributed by atoms with E-state index in [0.29, 0.717) is 0 Å². The van der Waals surface area contributed by atoms with Crippen LogP contribution in [0.2, 0.25) is 0 Å². The molecule has 1 saturated heterocycles. The van der Waals surface area contributed by atoms with Gasteiger partial charge in [0.2, 0.25) is 0 Å². The van der Waals surface area contributed by atoms with Gasteiger partial charge in [-0.3, -0.25) is 4.79 Å². The van der Waals surface area contributed by atoms with E-state index in [9.17, 15) is 4.79 Å². The van der Waals surface area contributed by atoms with Crippen LogP contribution in [0.3, 0.4) is 0 Å². The average Bonchev–Trinajstić information content (AvgIpc) is 3.22. The van der Waals surface area contributed by atoms with E-state index in [1.54, 1.807) is 24.5 Å². The molecule has 2 aromatic carbocycles. The van der Waals surface area contributed by atoms with Crippen LogP contribution in [0.25, 0.3) is 27.8 Å². The maximum absolute atomic E-state index is 11.3. The van der Waals surface area contributed by atoms with Gasteiger partial charge in [-0.25, -0.2) is 4.98 Å². The first-order chi connectivity index (χ1) is 15.2. The van der Waals surface area contributed by atoms with Crippen LogP contribution >= 0.6 is 0 Å². The highest BCUT2D eigenvalue weighted by Gasteiger charge is 2.19. The van der Waals surface area contributed by atoms with Gasteiger partial charge in [0.1, 0.15) is 0 Å². The third kappa shape index (κ3) is 4.30. The monoisotopic (exact) mass is 409 g/mol. The first-order valence-electron chi connectivity index (χ1n) is 11.1. The van der Waals surface area contributed by atoms with Crippen LogP contribution in [-0.4, -0.2) is 33.6 Å². The van der Waals surface area contributed by atoms with Crippen molar-refractivity contribution in [3.05, 3.63) is 94.9 Å². The van der Waals surface area contributed by atoms with E-state index < -0.39 is 0 Å². The first-order valence-corrected chi connectivity index (χ1v) is 11.1. The third-order valence-electron chi connectivity index (χ3n) is 6.39. The number of aromatic nitrogens is 2. The molecule has 0 bridgehead atoms. The molecule has 3 heterocycles. The predicted molar refractivity (Wildman–Crippen MR) is 127 cm³/mol. The van der Waals surface area contributed by atoms with Gasteiger partial charge < -0.3 is 9.47 Å². The summed E-state index contributed by atoms with van der Waals surface area (Å²) in [6.07, 6.45) is 7.32. The lowest BCUT2D eigenvalue weighted by Crippen LogP contribution is -2.28. The Balaban J connectivity index is 1.33. The van der Waals surface area contributed by atoms with Crippen LogP contribution in [0.4, 0.5) is 0 Å². The fourth-order valence-electron chi connectivity index (χ4n) is 4.48. The Morgan fingerprint density at radius 2 is 1.77 bits per heavy atom. The molecule has 0 spiro atoms. The molecule has 1 fully saturated rings. The SMILES string of the molecule is CC1CCCN1CCc1ccc2nc(-c3ccc(-n4ccc(=O)cc4)cc3)ccc2c1. The predicted octanol–water partition coefficient (Wildman–Crippen LogP) is 5.08. The summed E-state index contributed by atoms with van der Waals surface area (Å²) < 4.78 is 1.93. The minimum absolute atomic E-state index is 0.0157. The third-order valence-corrected chi connectivity index (χ3v) is 6.39. The molecular weight excluding hydrogens is 382 g/mol. The Hall–Kier alpha value is -3.24. The van der Waals surface area contributed by atoms with Crippen LogP contribution in [0, 0.1) is 0 Å². The fraction of sp³-hybridized carbons (Fsp3) is 0.259. The van der Waals surface area contributed by atoms with Crippen molar-refractivity contribution in [2.45, 2.75) is 32.2 Å². The molecule has 2 aromatic heterocycles. The summed E-state index contributed by atoms with van der Waals surface area (Å²) in [5.41, 5.74) is 5.49. The fourth-order valence-corrected chi connectivity index (χ4v) is 4.48. The normalized spacial score (nSPS) is 16.7. The highest BCUT2D eigenvalue weighted by Crippen LogP contribution is 2.24. The summed E-state index contributed by atoms with van der Waals surface area (Å²) in [5, 5.41) is 1.19. The molecule has 1 aliphatic rings. The van der Waals surface area contributed by atoms with Gasteiger partial charge in [-0.05, 0) is 68.6 Å². The lowest BCUT2D eigenvalue weighted by molar-refractivity contribution is 0.272. The van der Waals surface area contributed by atoms with E-state index in [4.69, 9.17) is 4.98 Å². The van der Waals surface area contributed by atoms with E-state index in [1.165, 1.54) is 30.3 Å². The second-order valence-corrected chi connectivity index (χ2v) is 8.49. The van der Waals surface area contributed by atoms with Crippen LogP contribution in [0.15, 0.2) is 83.9 Å². The topological polar surface area (TPSA) is 38.1 Å². The molecule has 1 aliphatic heterocycles. The zero-order valence-electron chi connectivity index (χ0n) is 17.9. The number of hydrogen-bond donors (Lipinski definition) is 0. The van der Waals surface area contributed by atoms with Crippen molar-refractivity contribution in [1.82, 2.24) is 14.5 Å². The van der Waals surface area contributed by atoms with Gasteiger partial charge in [0.25, 0.3) is 0 Å². The van der Waals surface area contributed by atoms with Gasteiger partial charge in [-0.1, -0.05) is 24.3 Å². The lowest BCUT2D eigenvalue weighted by Gasteiger charge is -2.20. The minimum atomic E-state index is 0.0157. The number of nitrogens with zero attached hydrogens (tertiary/aromatic N) is 3. The van der Waals surface area contributed by atoms with Crippen molar-refractivity contribution >= 4 is 10.9 Å². The molecule has 1 atom stereocenters. The number of rotatable bonds is 5. The van der Waals surface area contributed by atoms with E-state index in [2.05, 4.69) is 54.3 Å². The summed E-state index contributed by atoms with van der Waals surface area (Å²) in [6.45, 7) is 4.72. The molecule has 31 heavy (non-hydrogen) atoms. The largest absolute Gasteiger partial charge is 0.324 e. The van der Waals surface area contributed by atoms with Gasteiger partial charge >= 0.3 is 0 Å². The quantitative estimate of drug-likeness (QED) is 0.461. The van der Waals surface area contributed by atoms with E-state index in [-0.39, 0.29) is 5.43 Å². The molecule has 5 rings (SSSR count). The second kappa shape index (κ2) is 8.48. The summed E-state index contributed by atoms with van der Waals surface area (Å²) >= 11 is 0. The minimum Gasteiger partial charge on any atom is -0.324 e. The maximum atomic E-state index is 11.3. The van der Waals surface area contributed by atoms with Gasteiger partial charge in [-0.15, -0.1) is 0 Å². The molecule has 0 amide bonds. The second-order valence-electron chi connectivity index (χ2n) is 8.49. The van der Waals surface area contributed by atoms with Crippen molar-refractivity contribution in [1.29, 1.82) is 0 Å². The summed E-state index contributed by atoms with van der Waals surface area (Å²) in [6, 6.07) is 23.0. The molecule has 0 radical (unpaired) electrons. The molecule has 0 saturated carbocycles. The summed E-state index contributed by atoms with van der Waals surface area (Å²) in [4.78, 5) is 18.8. The van der Waals surface area contributed by atoms with Crippen molar-refractivity contribution in [2.24, 2.45) is 0 Å². The first kappa shape index (κ1) is 19.7. The smallest absolute Gasteiger partial charge is 0.181 e. The van der Waals surface area contributed by atoms with Crippen LogP contribution in [0.5, 0.6) is 0 Å². The zero-order chi connectivity index (χ0) is 21.2. The maximum Gasteiger partial charge on any atom is 0.181 e. The van der Waals surface area contributed by atoms with E-state index >= 15 is 0 Å². The standard InChI is InChI=1S/C27H27N3O/c1-20-3-2-15-29(20)16-12-21-4-10-27-23(19-21)7-11-26(28-27)22-5-8-24(9-6-22)30-17-13-25(31)14-18-30/h4-11,13-14,17-20H,2-3,12,15-16H2,1H3. The number of benzene rings is 2. The van der Waals surface area contributed by atoms with Gasteiger partial charge in [-0.2, -0.15) is 0 Å². The van der Waals surface area contributed by atoms with Gasteiger partial charge in [0, 0.05) is 53.8 Å². The van der Waals surface area contributed by atoms with E-state index in [0.717, 1.165) is 41.5 Å². The number of fused-ring (bicyclic) bond motifs is 1. The molecule has 1 unspecified atom stereocenters. The van der Waals surface area contributed by atoms with Gasteiger partial charge in [0.05, 0.1) is 11.2 Å². The number of pyridine rings is 2. The number of likely N-dealkylation sites (tertiary alicyclic amines) is 1.